The minimum Gasteiger partial charge on any atom is -0.493 e. The van der Waals surface area contributed by atoms with Crippen LogP contribution in [0, 0.1) is 0 Å². The molecule has 0 bridgehead atoms. The number of rotatable bonds is 6. The van der Waals surface area contributed by atoms with Gasteiger partial charge in [0.25, 0.3) is 0 Å². The quantitative estimate of drug-likeness (QED) is 0.351. The molecule has 0 fully saturated rings. The van der Waals surface area contributed by atoms with Gasteiger partial charge in [-0.15, -0.1) is 0 Å². The highest BCUT2D eigenvalue weighted by Crippen LogP contribution is 2.31. The van der Waals surface area contributed by atoms with Crippen molar-refractivity contribution >= 4 is 17.2 Å². The molecule has 0 unspecified atom stereocenters. The largest absolute Gasteiger partial charge is 0.493 e. The Morgan fingerprint density at radius 1 is 1.04 bits per heavy atom. The van der Waals surface area contributed by atoms with E-state index >= 15 is 0 Å². The van der Waals surface area contributed by atoms with E-state index in [-0.39, 0.29) is 0 Å². The summed E-state index contributed by atoms with van der Waals surface area (Å²) < 4.78 is 7.88. The van der Waals surface area contributed by atoms with Crippen LogP contribution in [0.1, 0.15) is 12.5 Å². The second-order valence-corrected chi connectivity index (χ2v) is 6.26. The van der Waals surface area contributed by atoms with Gasteiger partial charge in [0.1, 0.15) is 19.2 Å². The third-order valence-corrected chi connectivity index (χ3v) is 4.50. The average Bonchev–Trinajstić information content (AvgIpc) is 3.16. The third kappa shape index (κ3) is 3.47. The average molecular weight is 371 g/mol. The van der Waals surface area contributed by atoms with Gasteiger partial charge < -0.3 is 9.57 Å². The Bertz CT molecular complexity index is 1130. The smallest absolute Gasteiger partial charge is 0.127 e. The molecular formula is C23H21N3O2. The number of para-hydroxylation sites is 1. The van der Waals surface area contributed by atoms with Gasteiger partial charge in [0.2, 0.25) is 0 Å². The third-order valence-electron chi connectivity index (χ3n) is 4.50. The second kappa shape index (κ2) is 7.96. The van der Waals surface area contributed by atoms with Crippen LogP contribution in [0.3, 0.4) is 0 Å². The van der Waals surface area contributed by atoms with Gasteiger partial charge in [0.15, 0.2) is 0 Å². The number of fused-ring (bicyclic) bond motifs is 1. The lowest BCUT2D eigenvalue weighted by Gasteiger charge is -2.12. The highest BCUT2D eigenvalue weighted by atomic mass is 16.6. The van der Waals surface area contributed by atoms with Crippen molar-refractivity contribution in [2.45, 2.75) is 6.92 Å². The minimum atomic E-state index is 0.636. The molecule has 0 aliphatic carbocycles. The zero-order valence-corrected chi connectivity index (χ0v) is 15.9. The van der Waals surface area contributed by atoms with Gasteiger partial charge in [-0.25, -0.2) is 4.98 Å². The first-order valence-electron chi connectivity index (χ1n) is 9.16. The van der Waals surface area contributed by atoms with Crippen LogP contribution in [0.25, 0.3) is 27.8 Å². The lowest BCUT2D eigenvalue weighted by atomic mass is 10.0. The summed E-state index contributed by atoms with van der Waals surface area (Å²) in [7, 11) is 1.53. The first-order valence-corrected chi connectivity index (χ1v) is 9.16. The van der Waals surface area contributed by atoms with E-state index in [0.29, 0.717) is 6.61 Å². The van der Waals surface area contributed by atoms with Crippen LogP contribution in [0.4, 0.5) is 0 Å². The maximum absolute atomic E-state index is 5.80. The molecule has 28 heavy (non-hydrogen) atoms. The number of oxime groups is 1. The molecule has 0 amide bonds. The molecule has 0 saturated carbocycles. The Morgan fingerprint density at radius 2 is 1.93 bits per heavy atom. The summed E-state index contributed by atoms with van der Waals surface area (Å²) in [5.41, 5.74) is 6.11. The fourth-order valence-electron chi connectivity index (χ4n) is 3.24. The van der Waals surface area contributed by atoms with E-state index < -0.39 is 0 Å². The number of aromatic nitrogens is 2. The summed E-state index contributed by atoms with van der Waals surface area (Å²) in [6.45, 7) is 2.63. The molecule has 4 aromatic rings. The van der Waals surface area contributed by atoms with Crippen molar-refractivity contribution < 1.29 is 9.57 Å². The first-order chi connectivity index (χ1) is 13.8. The summed E-state index contributed by atoms with van der Waals surface area (Å²) in [6, 6.07) is 22.5. The molecular weight excluding hydrogens is 350 g/mol. The predicted molar refractivity (Wildman–Crippen MR) is 112 cm³/mol. The Labute approximate surface area is 163 Å². The highest BCUT2D eigenvalue weighted by Gasteiger charge is 2.09. The molecule has 0 aliphatic rings. The van der Waals surface area contributed by atoms with Gasteiger partial charge >= 0.3 is 0 Å². The standard InChI is InChI=1S/C23H21N3O2/c1-3-28-23-10-5-4-9-20(23)18-7-6-8-19(14-18)26-16-24-21-13-17(15-25-27-2)11-12-22(21)26/h4-16H,3H2,1-2H3. The number of nitrogens with zero attached hydrogens (tertiary/aromatic N) is 3. The van der Waals surface area contributed by atoms with E-state index in [1.54, 1.807) is 6.21 Å². The van der Waals surface area contributed by atoms with Crippen molar-refractivity contribution in [1.82, 2.24) is 9.55 Å². The maximum Gasteiger partial charge on any atom is 0.127 e. The van der Waals surface area contributed by atoms with E-state index in [1.807, 2.05) is 49.6 Å². The van der Waals surface area contributed by atoms with E-state index in [9.17, 15) is 0 Å². The topological polar surface area (TPSA) is 48.6 Å². The predicted octanol–water partition coefficient (Wildman–Crippen LogP) is 5.07. The normalized spacial score (nSPS) is 11.2. The molecule has 5 nitrogen and oxygen atoms in total. The van der Waals surface area contributed by atoms with Crippen molar-refractivity contribution in [3.8, 4) is 22.6 Å². The van der Waals surface area contributed by atoms with Crippen LogP contribution in [0.2, 0.25) is 0 Å². The molecule has 0 N–H and O–H groups in total. The Hall–Kier alpha value is -3.60. The van der Waals surface area contributed by atoms with Gasteiger partial charge in [-0.3, -0.25) is 4.57 Å². The van der Waals surface area contributed by atoms with E-state index in [4.69, 9.17) is 9.57 Å². The molecule has 4 rings (SSSR count). The van der Waals surface area contributed by atoms with Gasteiger partial charge in [0, 0.05) is 11.3 Å². The lowest BCUT2D eigenvalue weighted by Crippen LogP contribution is -1.95. The lowest BCUT2D eigenvalue weighted by molar-refractivity contribution is 0.215. The molecule has 1 heterocycles. The van der Waals surface area contributed by atoms with Crippen LogP contribution in [0.5, 0.6) is 5.75 Å². The summed E-state index contributed by atoms with van der Waals surface area (Å²) in [5.74, 6) is 0.889. The molecule has 140 valence electrons. The molecule has 5 heteroatoms. The summed E-state index contributed by atoms with van der Waals surface area (Å²) >= 11 is 0. The van der Waals surface area contributed by atoms with Crippen LogP contribution in [0.15, 0.2) is 78.2 Å². The first kappa shape index (κ1) is 17.8. The van der Waals surface area contributed by atoms with E-state index in [2.05, 4.69) is 45.0 Å². The molecule has 3 aromatic carbocycles. The number of benzene rings is 3. The fraction of sp³-hybridized carbons (Fsp3) is 0.130. The van der Waals surface area contributed by atoms with Crippen molar-refractivity contribution in [2.75, 3.05) is 13.7 Å². The fourth-order valence-corrected chi connectivity index (χ4v) is 3.24. The van der Waals surface area contributed by atoms with Gasteiger partial charge in [0.05, 0.1) is 23.9 Å². The zero-order chi connectivity index (χ0) is 19.3. The highest BCUT2D eigenvalue weighted by molar-refractivity contribution is 5.87. The van der Waals surface area contributed by atoms with Crippen LogP contribution < -0.4 is 4.74 Å². The van der Waals surface area contributed by atoms with Crippen molar-refractivity contribution in [3.05, 3.63) is 78.6 Å². The number of hydrogen-bond donors (Lipinski definition) is 0. The number of ether oxygens (including phenoxy) is 1. The van der Waals surface area contributed by atoms with E-state index in [1.165, 1.54) is 7.11 Å². The summed E-state index contributed by atoms with van der Waals surface area (Å²) in [6.07, 6.45) is 3.51. The molecule has 0 aliphatic heterocycles. The molecule has 0 radical (unpaired) electrons. The minimum absolute atomic E-state index is 0.636. The van der Waals surface area contributed by atoms with Crippen molar-refractivity contribution in [2.24, 2.45) is 5.16 Å². The van der Waals surface area contributed by atoms with Crippen LogP contribution >= 0.6 is 0 Å². The van der Waals surface area contributed by atoms with E-state index in [0.717, 1.165) is 39.2 Å². The monoisotopic (exact) mass is 371 g/mol. The van der Waals surface area contributed by atoms with Crippen LogP contribution in [-0.2, 0) is 4.84 Å². The maximum atomic E-state index is 5.80. The molecule has 1 aromatic heterocycles. The summed E-state index contributed by atoms with van der Waals surface area (Å²) in [5, 5.41) is 3.81. The van der Waals surface area contributed by atoms with Crippen LogP contribution in [-0.4, -0.2) is 29.5 Å². The Kier molecular flexibility index (Phi) is 5.06. The molecule has 0 saturated heterocycles. The van der Waals surface area contributed by atoms with Gasteiger partial charge in [-0.2, -0.15) is 0 Å². The Balaban J connectivity index is 1.75. The SMILES string of the molecule is CCOc1ccccc1-c1cccc(-n2cnc3cc(C=NOC)ccc32)c1. The Morgan fingerprint density at radius 3 is 2.79 bits per heavy atom. The number of imidazole rings is 1. The van der Waals surface area contributed by atoms with Crippen molar-refractivity contribution in [1.29, 1.82) is 0 Å². The van der Waals surface area contributed by atoms with Gasteiger partial charge in [-0.1, -0.05) is 41.6 Å². The number of hydrogen-bond acceptors (Lipinski definition) is 4. The van der Waals surface area contributed by atoms with Crippen molar-refractivity contribution in [3.63, 3.8) is 0 Å². The van der Waals surface area contributed by atoms with Gasteiger partial charge in [-0.05, 0) is 48.4 Å². The molecule has 0 atom stereocenters. The molecule has 0 spiro atoms. The second-order valence-electron chi connectivity index (χ2n) is 6.26. The zero-order valence-electron chi connectivity index (χ0n) is 15.9. The summed E-state index contributed by atoms with van der Waals surface area (Å²) in [4.78, 5) is 9.30.